The molecule has 2 aromatic carbocycles. The molecule has 0 fully saturated rings. The van der Waals surface area contributed by atoms with Crippen LogP contribution in [0.3, 0.4) is 0 Å². The fourth-order valence-electron chi connectivity index (χ4n) is 3.09. The van der Waals surface area contributed by atoms with Crippen molar-refractivity contribution >= 4 is 57.0 Å². The molecule has 9 heteroatoms. The van der Waals surface area contributed by atoms with E-state index in [-0.39, 0.29) is 5.82 Å². The van der Waals surface area contributed by atoms with Crippen molar-refractivity contribution in [2.45, 2.75) is 17.7 Å². The van der Waals surface area contributed by atoms with Crippen molar-refractivity contribution < 1.29 is 0 Å². The molecule has 0 bridgehead atoms. The number of halogens is 1. The molecule has 4 aromatic rings. The Labute approximate surface area is 199 Å². The number of nitrogens with one attached hydrogen (secondary N) is 1. The summed E-state index contributed by atoms with van der Waals surface area (Å²) in [5.74, 6) is 0.746. The van der Waals surface area contributed by atoms with Gasteiger partial charge in [-0.15, -0.1) is 11.3 Å². The van der Waals surface area contributed by atoms with Gasteiger partial charge in [-0.1, -0.05) is 59.3 Å². The van der Waals surface area contributed by atoms with Crippen LogP contribution in [0.5, 0.6) is 0 Å². The van der Waals surface area contributed by atoms with E-state index >= 15 is 0 Å². The number of hydrogen-bond acceptors (Lipinski definition) is 8. The first kappa shape index (κ1) is 22.0. The van der Waals surface area contributed by atoms with Crippen molar-refractivity contribution in [2.75, 3.05) is 16.8 Å². The molecule has 0 unspecified atom stereocenters. The highest BCUT2D eigenvalue weighted by Gasteiger charge is 2.19. The van der Waals surface area contributed by atoms with Crippen molar-refractivity contribution in [1.29, 1.82) is 5.26 Å². The van der Waals surface area contributed by atoms with E-state index < -0.39 is 0 Å². The second-order valence-electron chi connectivity index (χ2n) is 7.01. The van der Waals surface area contributed by atoms with Crippen LogP contribution >= 0.6 is 34.7 Å². The third-order valence-corrected chi connectivity index (χ3v) is 6.72. The molecule has 0 aliphatic rings. The molecule has 0 spiro atoms. The number of aromatic nitrogens is 2. The van der Waals surface area contributed by atoms with Gasteiger partial charge in [0.05, 0.1) is 16.9 Å². The van der Waals surface area contributed by atoms with Gasteiger partial charge in [-0.2, -0.15) is 5.26 Å². The lowest BCUT2D eigenvalue weighted by molar-refractivity contribution is 1.12. The maximum absolute atomic E-state index is 9.88. The highest BCUT2D eigenvalue weighted by molar-refractivity contribution is 7.98. The van der Waals surface area contributed by atoms with E-state index in [0.29, 0.717) is 32.6 Å². The van der Waals surface area contributed by atoms with Gasteiger partial charge in [0.1, 0.15) is 16.9 Å². The van der Waals surface area contributed by atoms with E-state index in [1.54, 1.807) is 0 Å². The zero-order valence-corrected chi connectivity index (χ0v) is 19.5. The summed E-state index contributed by atoms with van der Waals surface area (Å²) in [6.07, 6.45) is 0. The Morgan fingerprint density at radius 1 is 1.16 bits per heavy atom. The van der Waals surface area contributed by atoms with Crippen molar-refractivity contribution in [3.8, 4) is 17.2 Å². The smallest absolute Gasteiger partial charge is 0.187 e. The standard InChI is InChI=1S/C23H19ClN6S2/c1-13-5-7-14(8-6-13)19-18(10-25)22(30-21(27)20(19)26)31-11-17-12-32-23(29-17)28-16-4-2-3-15(24)9-16/h2-9,12H,11,26H2,1H3,(H2,27,30)(H,28,29). The number of thioether (sulfide) groups is 1. The average molecular weight is 479 g/mol. The van der Waals surface area contributed by atoms with Crippen LogP contribution in [0, 0.1) is 18.3 Å². The van der Waals surface area contributed by atoms with Crippen molar-refractivity contribution in [1.82, 2.24) is 9.97 Å². The second-order valence-corrected chi connectivity index (χ2v) is 9.27. The number of nitrogens with two attached hydrogens (primary N) is 2. The maximum atomic E-state index is 9.88. The molecule has 6 nitrogen and oxygen atoms in total. The van der Waals surface area contributed by atoms with E-state index in [9.17, 15) is 5.26 Å². The molecule has 0 saturated carbocycles. The highest BCUT2D eigenvalue weighted by atomic mass is 35.5. The van der Waals surface area contributed by atoms with Crippen LogP contribution in [-0.2, 0) is 5.75 Å². The molecule has 0 aliphatic carbocycles. The van der Waals surface area contributed by atoms with Crippen LogP contribution in [-0.4, -0.2) is 9.97 Å². The Bertz CT molecular complexity index is 1310. The van der Waals surface area contributed by atoms with Gasteiger partial charge in [0.2, 0.25) is 0 Å². The first-order valence-electron chi connectivity index (χ1n) is 9.60. The molecular weight excluding hydrogens is 460 g/mol. The number of anilines is 4. The third-order valence-electron chi connectivity index (χ3n) is 4.67. The predicted octanol–water partition coefficient (Wildman–Crippen LogP) is 6.24. The predicted molar refractivity (Wildman–Crippen MR) is 134 cm³/mol. The van der Waals surface area contributed by atoms with Gasteiger partial charge < -0.3 is 16.8 Å². The molecule has 0 amide bonds. The number of hydrogen-bond donors (Lipinski definition) is 3. The summed E-state index contributed by atoms with van der Waals surface area (Å²) < 4.78 is 0. The summed E-state index contributed by atoms with van der Waals surface area (Å²) in [5, 5.41) is 17.0. The van der Waals surface area contributed by atoms with E-state index in [1.807, 2.05) is 60.8 Å². The van der Waals surface area contributed by atoms with Crippen LogP contribution in [0.2, 0.25) is 5.02 Å². The normalized spacial score (nSPS) is 10.7. The number of nitriles is 1. The molecular formula is C23H19ClN6S2. The van der Waals surface area contributed by atoms with E-state index in [2.05, 4.69) is 21.4 Å². The third kappa shape index (κ3) is 4.81. The van der Waals surface area contributed by atoms with E-state index in [1.165, 1.54) is 23.1 Å². The van der Waals surface area contributed by atoms with Gasteiger partial charge in [0.25, 0.3) is 0 Å². The minimum Gasteiger partial charge on any atom is -0.395 e. The maximum Gasteiger partial charge on any atom is 0.187 e. The SMILES string of the molecule is Cc1ccc(-c2c(N)c(N)nc(SCc3csc(Nc4cccc(Cl)c4)n3)c2C#N)cc1. The molecule has 0 aliphatic heterocycles. The number of aryl methyl sites for hydroxylation is 1. The fraction of sp³-hybridized carbons (Fsp3) is 0.0870. The first-order valence-corrected chi connectivity index (χ1v) is 11.8. The summed E-state index contributed by atoms with van der Waals surface area (Å²) in [6.45, 7) is 2.00. The molecule has 0 atom stereocenters. The second kappa shape index (κ2) is 9.49. The Morgan fingerprint density at radius 2 is 1.94 bits per heavy atom. The zero-order valence-electron chi connectivity index (χ0n) is 17.1. The number of benzene rings is 2. The van der Waals surface area contributed by atoms with Crippen LogP contribution < -0.4 is 16.8 Å². The van der Waals surface area contributed by atoms with Crippen molar-refractivity contribution in [2.24, 2.45) is 0 Å². The fourth-order valence-corrected chi connectivity index (χ4v) is 5.00. The molecule has 0 radical (unpaired) electrons. The van der Waals surface area contributed by atoms with Crippen LogP contribution in [0.1, 0.15) is 16.8 Å². The number of nitrogens with zero attached hydrogens (tertiary/aromatic N) is 3. The van der Waals surface area contributed by atoms with Crippen molar-refractivity contribution in [3.63, 3.8) is 0 Å². The topological polar surface area (TPSA) is 114 Å². The molecule has 0 saturated heterocycles. The Morgan fingerprint density at radius 3 is 2.66 bits per heavy atom. The Balaban J connectivity index is 1.57. The van der Waals surface area contributed by atoms with Gasteiger partial charge in [-0.25, -0.2) is 9.97 Å². The van der Waals surface area contributed by atoms with E-state index in [0.717, 1.165) is 27.6 Å². The molecule has 160 valence electrons. The van der Waals surface area contributed by atoms with Gasteiger partial charge in [0.15, 0.2) is 5.13 Å². The summed E-state index contributed by atoms with van der Waals surface area (Å²) in [7, 11) is 0. The van der Waals surface area contributed by atoms with Crippen LogP contribution in [0.4, 0.5) is 22.3 Å². The van der Waals surface area contributed by atoms with Gasteiger partial charge >= 0.3 is 0 Å². The lowest BCUT2D eigenvalue weighted by Gasteiger charge is -2.14. The summed E-state index contributed by atoms with van der Waals surface area (Å²) >= 11 is 8.94. The van der Waals surface area contributed by atoms with Gasteiger partial charge in [-0.05, 0) is 30.7 Å². The molecule has 32 heavy (non-hydrogen) atoms. The molecule has 2 aromatic heterocycles. The van der Waals surface area contributed by atoms with Crippen LogP contribution in [0.25, 0.3) is 11.1 Å². The minimum atomic E-state index is 0.212. The number of thiazole rings is 1. The summed E-state index contributed by atoms with van der Waals surface area (Å²) in [5.41, 5.74) is 17.3. The largest absolute Gasteiger partial charge is 0.395 e. The lowest BCUT2D eigenvalue weighted by atomic mass is 9.99. The minimum absolute atomic E-state index is 0.212. The van der Waals surface area contributed by atoms with Crippen LogP contribution in [0.15, 0.2) is 58.9 Å². The summed E-state index contributed by atoms with van der Waals surface area (Å²) in [4.78, 5) is 9.00. The summed E-state index contributed by atoms with van der Waals surface area (Å²) in [6, 6.07) is 17.5. The Kier molecular flexibility index (Phi) is 6.51. The number of pyridine rings is 1. The first-order chi connectivity index (χ1) is 15.4. The quantitative estimate of drug-likeness (QED) is 0.281. The molecule has 2 heterocycles. The zero-order chi connectivity index (χ0) is 22.7. The lowest BCUT2D eigenvalue weighted by Crippen LogP contribution is -2.05. The van der Waals surface area contributed by atoms with Crippen molar-refractivity contribution in [3.05, 3.63) is 75.8 Å². The monoisotopic (exact) mass is 478 g/mol. The molecule has 5 N–H and O–H groups in total. The highest BCUT2D eigenvalue weighted by Crippen LogP contribution is 2.38. The molecule has 4 rings (SSSR count). The Hall–Kier alpha value is -3.25. The average Bonchev–Trinajstić information content (AvgIpc) is 3.22. The van der Waals surface area contributed by atoms with E-state index in [4.69, 9.17) is 23.1 Å². The number of nitrogen functional groups attached to an aromatic ring is 2. The number of rotatable bonds is 6. The van der Waals surface area contributed by atoms with Gasteiger partial charge in [0, 0.05) is 27.4 Å². The van der Waals surface area contributed by atoms with Gasteiger partial charge in [-0.3, -0.25) is 0 Å².